The number of hydrogen-bond donors (Lipinski definition) is 0. The molecule has 2 aromatic rings. The molecule has 18 heavy (non-hydrogen) atoms. The lowest BCUT2D eigenvalue weighted by Gasteiger charge is -2.11. The monoisotopic (exact) mass is 363 g/mol. The summed E-state index contributed by atoms with van der Waals surface area (Å²) in [6.07, 6.45) is 1.96. The molecular weight excluding hydrogens is 357 g/mol. The van der Waals surface area contributed by atoms with E-state index in [1.165, 1.54) is 0 Å². The minimum absolute atomic E-state index is 0.557. The molecule has 0 aliphatic carbocycles. The molecule has 94 valence electrons. The third-order valence-electron chi connectivity index (χ3n) is 2.98. The van der Waals surface area contributed by atoms with E-state index in [0.29, 0.717) is 23.3 Å². The van der Waals surface area contributed by atoms with Crippen LogP contribution in [0, 0.1) is 0 Å². The van der Waals surface area contributed by atoms with Crippen LogP contribution in [-0.4, -0.2) is 11.2 Å². The summed E-state index contributed by atoms with van der Waals surface area (Å²) in [7, 11) is 0. The highest BCUT2D eigenvalue weighted by atomic mass is 79.9. The van der Waals surface area contributed by atoms with Crippen LogP contribution in [0.3, 0.4) is 0 Å². The van der Waals surface area contributed by atoms with Crippen LogP contribution in [0.2, 0.25) is 10.0 Å². The van der Waals surface area contributed by atoms with E-state index < -0.39 is 0 Å². The lowest BCUT2D eigenvalue weighted by Crippen LogP contribution is -1.94. The molecule has 1 aliphatic rings. The van der Waals surface area contributed by atoms with Crippen LogP contribution >= 0.6 is 50.9 Å². The fraction of sp³-hybridized carbons (Fsp3) is 0.250. The molecule has 3 rings (SSSR count). The van der Waals surface area contributed by atoms with E-state index in [0.717, 1.165) is 31.5 Å². The summed E-state index contributed by atoms with van der Waals surface area (Å²) >= 11 is 17.8. The Morgan fingerprint density at radius 3 is 2.78 bits per heavy atom. The lowest BCUT2D eigenvalue weighted by atomic mass is 10.0. The first-order chi connectivity index (χ1) is 8.63. The van der Waals surface area contributed by atoms with Gasteiger partial charge in [-0.25, -0.2) is 4.98 Å². The molecule has 1 aromatic carbocycles. The topological polar surface area (TPSA) is 22.1 Å². The van der Waals surface area contributed by atoms with Crippen molar-refractivity contribution in [2.24, 2.45) is 0 Å². The van der Waals surface area contributed by atoms with Gasteiger partial charge in [-0.3, -0.25) is 0 Å². The second-order valence-corrected chi connectivity index (χ2v) is 6.35. The third-order valence-corrected chi connectivity index (χ3v) is 5.38. The predicted octanol–water partition coefficient (Wildman–Crippen LogP) is 5.06. The molecule has 0 unspecified atom stereocenters. The molecule has 0 N–H and O–H groups in total. The molecule has 0 saturated heterocycles. The Morgan fingerprint density at radius 1 is 1.33 bits per heavy atom. The number of benzene rings is 1. The molecule has 1 aliphatic heterocycles. The van der Waals surface area contributed by atoms with E-state index in [2.05, 4.69) is 20.9 Å². The van der Waals surface area contributed by atoms with Gasteiger partial charge >= 0.3 is 0 Å². The van der Waals surface area contributed by atoms with Gasteiger partial charge in [-0.1, -0.05) is 23.2 Å². The van der Waals surface area contributed by atoms with Gasteiger partial charge in [0.1, 0.15) is 0 Å². The lowest BCUT2D eigenvalue weighted by molar-refractivity contribution is 0.134. The van der Waals surface area contributed by atoms with E-state index in [9.17, 15) is 0 Å². The van der Waals surface area contributed by atoms with Crippen molar-refractivity contribution in [3.05, 3.63) is 31.7 Å². The average Bonchev–Trinajstić information content (AvgIpc) is 2.84. The number of pyridine rings is 1. The summed E-state index contributed by atoms with van der Waals surface area (Å²) in [6, 6.07) is 1.87. The molecule has 0 atom stereocenters. The molecule has 0 spiro atoms. The Morgan fingerprint density at radius 2 is 2.06 bits per heavy atom. The zero-order valence-corrected chi connectivity index (χ0v) is 13.3. The predicted molar refractivity (Wildman–Crippen MR) is 79.7 cm³/mol. The van der Waals surface area contributed by atoms with Crippen molar-refractivity contribution in [2.75, 3.05) is 6.26 Å². The molecule has 0 radical (unpaired) electrons. The molecule has 0 fully saturated rings. The highest BCUT2D eigenvalue weighted by Crippen LogP contribution is 2.43. The number of fused-ring (bicyclic) bond motifs is 3. The highest BCUT2D eigenvalue weighted by molar-refractivity contribution is 9.10. The van der Waals surface area contributed by atoms with Crippen LogP contribution in [0.1, 0.15) is 11.1 Å². The Balaban J connectivity index is 2.48. The number of halogens is 3. The molecule has 1 aromatic heterocycles. The number of hydrogen-bond acceptors (Lipinski definition) is 3. The zero-order valence-electron chi connectivity index (χ0n) is 9.39. The molecule has 0 bridgehead atoms. The standard InChI is InChI=1S/C12H8BrCl2NOS/c1-18-8-2-7(14)9-5-3-17-4-6(5)10(13)11(15)12(9)16-8/h2H,3-4H2,1H3. The smallest absolute Gasteiger partial charge is 0.0980 e. The maximum Gasteiger partial charge on any atom is 0.0980 e. The SMILES string of the molecule is CSc1cc(Cl)c2c3c(c(Br)c(Cl)c2n1)COC3. The van der Waals surface area contributed by atoms with Crippen molar-refractivity contribution < 1.29 is 4.74 Å². The average molecular weight is 365 g/mol. The van der Waals surface area contributed by atoms with E-state index in [-0.39, 0.29) is 0 Å². The molecular formula is C12H8BrCl2NOS. The van der Waals surface area contributed by atoms with Crippen LogP contribution in [0.15, 0.2) is 15.6 Å². The summed E-state index contributed by atoms with van der Waals surface area (Å²) in [5, 5.41) is 3.06. The summed E-state index contributed by atoms with van der Waals surface area (Å²) in [5.41, 5.74) is 2.91. The fourth-order valence-corrected chi connectivity index (χ4v) is 3.71. The van der Waals surface area contributed by atoms with Crippen LogP contribution in [0.4, 0.5) is 0 Å². The van der Waals surface area contributed by atoms with Gasteiger partial charge in [0.15, 0.2) is 0 Å². The van der Waals surface area contributed by atoms with Crippen molar-refractivity contribution in [3.63, 3.8) is 0 Å². The molecule has 6 heteroatoms. The second kappa shape index (κ2) is 4.84. The first-order valence-electron chi connectivity index (χ1n) is 5.24. The number of nitrogens with zero attached hydrogens (tertiary/aromatic N) is 1. The zero-order chi connectivity index (χ0) is 12.9. The van der Waals surface area contributed by atoms with Gasteiger partial charge in [-0.15, -0.1) is 11.8 Å². The summed E-state index contributed by atoms with van der Waals surface area (Å²) in [5.74, 6) is 0. The van der Waals surface area contributed by atoms with E-state index in [4.69, 9.17) is 27.9 Å². The van der Waals surface area contributed by atoms with Crippen LogP contribution in [-0.2, 0) is 18.0 Å². The largest absolute Gasteiger partial charge is 0.372 e. The molecule has 0 amide bonds. The quantitative estimate of drug-likeness (QED) is 0.660. The Hall–Kier alpha value is -0.000000000000000132. The minimum atomic E-state index is 0.557. The van der Waals surface area contributed by atoms with E-state index >= 15 is 0 Å². The first kappa shape index (κ1) is 13.0. The minimum Gasteiger partial charge on any atom is -0.372 e. The highest BCUT2D eigenvalue weighted by Gasteiger charge is 2.24. The normalized spacial score (nSPS) is 14.2. The van der Waals surface area contributed by atoms with Crippen molar-refractivity contribution in [1.82, 2.24) is 4.98 Å². The number of ether oxygens (including phenoxy) is 1. The fourth-order valence-electron chi connectivity index (χ4n) is 2.13. The first-order valence-corrected chi connectivity index (χ1v) is 8.01. The third kappa shape index (κ3) is 1.86. The van der Waals surface area contributed by atoms with Crippen molar-refractivity contribution in [1.29, 1.82) is 0 Å². The maximum absolute atomic E-state index is 6.38. The molecule has 2 heterocycles. The molecule has 0 saturated carbocycles. The number of aromatic nitrogens is 1. The van der Waals surface area contributed by atoms with E-state index in [1.54, 1.807) is 11.8 Å². The maximum atomic E-state index is 6.38. The second-order valence-electron chi connectivity index (χ2n) is 3.95. The number of thioether (sulfide) groups is 1. The Kier molecular flexibility index (Phi) is 3.49. The van der Waals surface area contributed by atoms with Gasteiger partial charge in [-0.2, -0.15) is 0 Å². The molecule has 2 nitrogen and oxygen atoms in total. The van der Waals surface area contributed by atoms with Crippen molar-refractivity contribution in [3.8, 4) is 0 Å². The Bertz CT molecular complexity index is 663. The van der Waals surface area contributed by atoms with Crippen molar-refractivity contribution in [2.45, 2.75) is 18.2 Å². The number of rotatable bonds is 1. The summed E-state index contributed by atoms with van der Waals surface area (Å²) in [6.45, 7) is 1.12. The van der Waals surface area contributed by atoms with Crippen LogP contribution in [0.5, 0.6) is 0 Å². The van der Waals surface area contributed by atoms with Gasteiger partial charge in [0.05, 0.1) is 33.8 Å². The van der Waals surface area contributed by atoms with Gasteiger partial charge in [0.25, 0.3) is 0 Å². The summed E-state index contributed by atoms with van der Waals surface area (Å²) < 4.78 is 6.36. The Labute approximate surface area is 127 Å². The van der Waals surface area contributed by atoms with Crippen molar-refractivity contribution >= 4 is 61.8 Å². The van der Waals surface area contributed by atoms with Gasteiger partial charge < -0.3 is 4.74 Å². The van der Waals surface area contributed by atoms with Gasteiger partial charge in [0.2, 0.25) is 0 Å². The van der Waals surface area contributed by atoms with Crippen LogP contribution in [0.25, 0.3) is 10.9 Å². The van der Waals surface area contributed by atoms with E-state index in [1.807, 2.05) is 12.3 Å². The van der Waals surface area contributed by atoms with Crippen LogP contribution < -0.4 is 0 Å². The van der Waals surface area contributed by atoms with Gasteiger partial charge in [0, 0.05) is 9.86 Å². The summed E-state index contributed by atoms with van der Waals surface area (Å²) in [4.78, 5) is 4.55. The van der Waals surface area contributed by atoms with Gasteiger partial charge in [-0.05, 0) is 39.4 Å².